The molecule has 1 aromatic heterocycles. The minimum Gasteiger partial charge on any atom is -0.870 e. The predicted octanol–water partition coefficient (Wildman–Crippen LogP) is -0.286. The van der Waals surface area contributed by atoms with Gasteiger partial charge in [0, 0.05) is 0 Å². The molecular weight excluding hydrogens is 730 g/mol. The van der Waals surface area contributed by atoms with Gasteiger partial charge in [0.15, 0.2) is 0 Å². The topological polar surface area (TPSA) is 371 Å². The summed E-state index contributed by atoms with van der Waals surface area (Å²) in [5, 5.41) is 45.9. The van der Waals surface area contributed by atoms with Gasteiger partial charge in [-0.25, -0.2) is 0 Å². The molecule has 0 radical (unpaired) electrons. The molecule has 0 saturated carbocycles. The minimum absolute atomic E-state index is 0. The van der Waals surface area contributed by atoms with Gasteiger partial charge in [0.25, 0.3) is 0 Å². The maximum Gasteiger partial charge on any atom is 2.00 e. The third kappa shape index (κ3) is 43.2. The average Bonchev–Trinajstić information content (AvgIpc) is 2.64. The van der Waals surface area contributed by atoms with Crippen LogP contribution in [0.25, 0.3) is 0 Å². The molecule has 0 aliphatic heterocycles. The molecule has 0 bridgehead atoms. The molecule has 0 atom stereocenters. The van der Waals surface area contributed by atoms with Gasteiger partial charge in [0.1, 0.15) is 0 Å². The molecule has 0 fully saturated rings. The van der Waals surface area contributed by atoms with Crippen molar-refractivity contribution < 1.29 is 67.7 Å². The zero-order valence-corrected chi connectivity index (χ0v) is 18.1. The molecule has 14 N–H and O–H groups in total. The molecular formula is C7H22N8O9Pt2. The molecule has 1 rings (SSSR count). The summed E-state index contributed by atoms with van der Waals surface area (Å²) in [5.74, 6) is -1.19. The molecule has 0 aliphatic carbocycles. The predicted molar refractivity (Wildman–Crippen MR) is 79.7 cm³/mol. The Morgan fingerprint density at radius 2 is 1.35 bits per heavy atom. The van der Waals surface area contributed by atoms with Gasteiger partial charge in [-0.15, -0.1) is 0 Å². The third-order valence-electron chi connectivity index (χ3n) is 1.44. The fourth-order valence-electron chi connectivity index (χ4n) is 0.947. The number of carbonyl (C=O) groups excluding carboxylic acids is 1. The Kier molecular flexibility index (Phi) is 74.9. The van der Waals surface area contributed by atoms with Crippen LogP contribution in [0.1, 0.15) is 29.4 Å². The summed E-state index contributed by atoms with van der Waals surface area (Å²) in [6, 6.07) is 0. The molecule has 164 valence electrons. The van der Waals surface area contributed by atoms with Crippen molar-refractivity contribution in [3.63, 3.8) is 0 Å². The molecule has 1 heterocycles. The maximum atomic E-state index is 10.4. The maximum absolute atomic E-state index is 10.4. The van der Waals surface area contributed by atoms with Crippen LogP contribution in [0.2, 0.25) is 0 Å². The van der Waals surface area contributed by atoms with Crippen molar-refractivity contribution in [1.82, 2.24) is 34.8 Å². The Labute approximate surface area is 176 Å². The molecule has 17 nitrogen and oxygen atoms in total. The first-order valence-corrected chi connectivity index (χ1v) is 4.58. The van der Waals surface area contributed by atoms with Crippen LogP contribution in [0.15, 0.2) is 6.20 Å². The van der Waals surface area contributed by atoms with Crippen molar-refractivity contribution in [2.24, 2.45) is 0 Å². The third-order valence-corrected chi connectivity index (χ3v) is 1.44. The number of aromatic carboxylic acids is 1. The Balaban J connectivity index is -0.0000000244. The fraction of sp³-hybridized carbons (Fsp3) is 0.429. The van der Waals surface area contributed by atoms with Crippen LogP contribution in [0.4, 0.5) is 0 Å². The summed E-state index contributed by atoms with van der Waals surface area (Å²) in [7, 11) is 0. The summed E-state index contributed by atoms with van der Waals surface area (Å²) < 4.78 is 0. The second kappa shape index (κ2) is 34.6. The van der Waals surface area contributed by atoms with Crippen molar-refractivity contribution in [3.05, 3.63) is 48.1 Å². The van der Waals surface area contributed by atoms with Gasteiger partial charge in [-0.3, -0.25) is 5.10 Å². The molecule has 26 heavy (non-hydrogen) atoms. The van der Waals surface area contributed by atoms with Gasteiger partial charge in [-0.1, -0.05) is 13.3 Å². The van der Waals surface area contributed by atoms with E-state index >= 15 is 0 Å². The Hall–Kier alpha value is -1.74. The van der Waals surface area contributed by atoms with E-state index < -0.39 is 16.1 Å². The van der Waals surface area contributed by atoms with E-state index in [1.165, 1.54) is 6.20 Å². The Morgan fingerprint density at radius 1 is 1.04 bits per heavy atom. The molecule has 0 unspecified atom stereocenters. The smallest absolute Gasteiger partial charge is 0.870 e. The minimum atomic E-state index is -1.75. The number of aromatic amines is 1. The van der Waals surface area contributed by atoms with Crippen molar-refractivity contribution in [2.45, 2.75) is 19.8 Å². The summed E-state index contributed by atoms with van der Waals surface area (Å²) in [4.78, 5) is 26.9. The number of hydrogen-bond acceptors (Lipinski definition) is 14. The molecule has 0 spiro atoms. The summed E-state index contributed by atoms with van der Waals surface area (Å²) in [6.07, 6.45) is 3.15. The summed E-state index contributed by atoms with van der Waals surface area (Å²) in [6.45, 7) is 1.98. The van der Waals surface area contributed by atoms with Gasteiger partial charge in [0.2, 0.25) is 0 Å². The van der Waals surface area contributed by atoms with Gasteiger partial charge in [-0.05, 0) is 12.0 Å². The standard InChI is InChI=1S/C7H10N2O2.2NO3.4H3N.H2O.2Pt/c1-2-3-5-4-8-9-6(5)7(10)11;2*2-1(3)4;;;;;;;/h4H,2-3H2,1H3,(H,8,9)(H,10,11);;;4*1H3;1H2;;/q;2*-1;;;;;;2*+2/p-2. The van der Waals surface area contributed by atoms with Crippen LogP contribution in [0, 0.1) is 30.6 Å². The quantitative estimate of drug-likeness (QED) is 0.196. The molecule has 0 aromatic carbocycles. The number of carboxylic acids is 1. The number of nitrogens with one attached hydrogen (secondary N) is 1. The number of carbonyl (C=O) groups is 1. The van der Waals surface area contributed by atoms with E-state index in [1.54, 1.807) is 0 Å². The van der Waals surface area contributed by atoms with Gasteiger partial charge in [0.05, 0.1) is 28.0 Å². The number of hydrogen-bond donors (Lipinski definition) is 5. The number of rotatable bonds is 3. The van der Waals surface area contributed by atoms with Crippen LogP contribution in [0.3, 0.4) is 0 Å². The normalized spacial score (nSPS) is 6.04. The Morgan fingerprint density at radius 3 is 1.58 bits per heavy atom. The van der Waals surface area contributed by atoms with Crippen molar-refractivity contribution in [1.29, 1.82) is 0 Å². The van der Waals surface area contributed by atoms with Crippen LogP contribution < -0.4 is 29.7 Å². The van der Waals surface area contributed by atoms with Gasteiger partial charge in [-0.2, -0.15) is 5.10 Å². The first-order chi connectivity index (χ1) is 8.72. The number of aryl methyl sites for hydroxylation is 1. The second-order valence-electron chi connectivity index (χ2n) is 2.75. The van der Waals surface area contributed by atoms with Gasteiger partial charge >= 0.3 is 42.1 Å². The molecule has 0 saturated heterocycles. The van der Waals surface area contributed by atoms with E-state index in [-0.39, 0.29) is 77.9 Å². The van der Waals surface area contributed by atoms with E-state index in [1.807, 2.05) is 6.92 Å². The SMILES string of the molecule is CCCc1cn[nH]c1C(=O)[O-].N.N.N.N.O=[N+]([O-])[O-].O=[N+]([O-])[O-].[OH-].[Pt+2].[Pt+2]. The first kappa shape index (κ1) is 56.4. The molecule has 1 aromatic rings. The number of aromatic nitrogens is 2. The molecule has 0 amide bonds. The number of carboxylic acid groups (broad SMARTS) is 1. The van der Waals surface area contributed by atoms with Crippen LogP contribution in [-0.2, 0) is 48.6 Å². The zero-order valence-electron chi connectivity index (χ0n) is 13.5. The molecule has 19 heteroatoms. The second-order valence-corrected chi connectivity index (χ2v) is 2.75. The molecule has 0 aliphatic rings. The first-order valence-electron chi connectivity index (χ1n) is 4.58. The summed E-state index contributed by atoms with van der Waals surface area (Å²) in [5.41, 5.74) is 0.819. The van der Waals surface area contributed by atoms with Crippen LogP contribution >= 0.6 is 0 Å². The van der Waals surface area contributed by atoms with E-state index in [0.717, 1.165) is 12.8 Å². The van der Waals surface area contributed by atoms with Crippen molar-refractivity contribution in [2.75, 3.05) is 0 Å². The average molecular weight is 752 g/mol. The summed E-state index contributed by atoms with van der Waals surface area (Å²) >= 11 is 0. The number of nitrogens with zero attached hydrogens (tertiary/aromatic N) is 3. The van der Waals surface area contributed by atoms with Crippen LogP contribution in [0.5, 0.6) is 0 Å². The van der Waals surface area contributed by atoms with Crippen LogP contribution in [-0.4, -0.2) is 31.8 Å². The monoisotopic (exact) mass is 752 g/mol. The van der Waals surface area contributed by atoms with Crippen molar-refractivity contribution in [3.8, 4) is 0 Å². The van der Waals surface area contributed by atoms with E-state index in [4.69, 9.17) is 30.6 Å². The largest absolute Gasteiger partial charge is 2.00 e. The fourth-order valence-corrected chi connectivity index (χ4v) is 0.947. The van der Waals surface area contributed by atoms with E-state index in [9.17, 15) is 9.90 Å². The van der Waals surface area contributed by atoms with E-state index in [2.05, 4.69) is 10.2 Å². The van der Waals surface area contributed by atoms with Gasteiger partial charge < -0.3 is 70.6 Å². The van der Waals surface area contributed by atoms with Crippen molar-refractivity contribution >= 4 is 5.97 Å². The number of H-pyrrole nitrogens is 1. The Bertz CT molecular complexity index is 416. The van der Waals surface area contributed by atoms with E-state index in [0.29, 0.717) is 5.56 Å². The zero-order chi connectivity index (χ0) is 15.4.